The Morgan fingerprint density at radius 3 is 2.62 bits per heavy atom. The van der Waals surface area contributed by atoms with Crippen LogP contribution in [0.2, 0.25) is 0 Å². The van der Waals surface area contributed by atoms with Gasteiger partial charge in [0.05, 0.1) is 17.1 Å². The van der Waals surface area contributed by atoms with Crippen molar-refractivity contribution < 1.29 is 8.42 Å². The molecule has 0 spiro atoms. The summed E-state index contributed by atoms with van der Waals surface area (Å²) in [6.45, 7) is 2.55. The molecule has 0 bridgehead atoms. The lowest BCUT2D eigenvalue weighted by atomic mass is 10.1. The number of hydrogen-bond acceptors (Lipinski definition) is 4. The van der Waals surface area contributed by atoms with Crippen molar-refractivity contribution in [1.82, 2.24) is 14.5 Å². The van der Waals surface area contributed by atoms with Crippen LogP contribution < -0.4 is 10.5 Å². The topological polar surface area (TPSA) is 90.0 Å². The first kappa shape index (κ1) is 15.7. The molecule has 0 atom stereocenters. The summed E-state index contributed by atoms with van der Waals surface area (Å²) in [4.78, 5) is 0.238. The lowest BCUT2D eigenvalue weighted by Gasteiger charge is -2.11. The van der Waals surface area contributed by atoms with Crippen molar-refractivity contribution in [1.29, 1.82) is 0 Å². The van der Waals surface area contributed by atoms with E-state index in [0.717, 1.165) is 23.2 Å². The van der Waals surface area contributed by atoms with E-state index in [0.29, 0.717) is 6.54 Å². The molecule has 0 aliphatic heterocycles. The smallest absolute Gasteiger partial charge is 0.240 e. The monoisotopic (exact) mass is 308 g/mol. The van der Waals surface area contributed by atoms with E-state index in [-0.39, 0.29) is 11.4 Å². The van der Waals surface area contributed by atoms with E-state index < -0.39 is 10.0 Å². The zero-order chi connectivity index (χ0) is 15.5. The maximum atomic E-state index is 12.3. The van der Waals surface area contributed by atoms with Crippen molar-refractivity contribution >= 4 is 10.0 Å². The molecule has 0 saturated carbocycles. The zero-order valence-electron chi connectivity index (χ0n) is 12.2. The van der Waals surface area contributed by atoms with Crippen LogP contribution in [-0.4, -0.2) is 18.2 Å². The van der Waals surface area contributed by atoms with E-state index >= 15 is 0 Å². The molecule has 7 heteroatoms. The molecular weight excluding hydrogens is 288 g/mol. The van der Waals surface area contributed by atoms with Gasteiger partial charge >= 0.3 is 0 Å². The highest BCUT2D eigenvalue weighted by molar-refractivity contribution is 7.89. The predicted octanol–water partition coefficient (Wildman–Crippen LogP) is 0.920. The minimum atomic E-state index is -3.56. The molecule has 6 nitrogen and oxygen atoms in total. The first-order chi connectivity index (χ1) is 9.97. The van der Waals surface area contributed by atoms with Gasteiger partial charge in [-0.05, 0) is 35.7 Å². The Balaban J connectivity index is 2.21. The van der Waals surface area contributed by atoms with Crippen LogP contribution in [0, 0.1) is 0 Å². The average Bonchev–Trinajstić information content (AvgIpc) is 2.89. The van der Waals surface area contributed by atoms with Crippen molar-refractivity contribution in [2.45, 2.75) is 31.3 Å². The molecule has 21 heavy (non-hydrogen) atoms. The fourth-order valence-corrected chi connectivity index (χ4v) is 3.18. The fourth-order valence-electron chi connectivity index (χ4n) is 2.13. The minimum absolute atomic E-state index is 0.201. The first-order valence-electron chi connectivity index (χ1n) is 6.76. The molecule has 1 aromatic carbocycles. The number of aryl methyl sites for hydroxylation is 2. The molecule has 114 valence electrons. The van der Waals surface area contributed by atoms with E-state index in [1.165, 1.54) is 0 Å². The molecule has 1 heterocycles. The van der Waals surface area contributed by atoms with Gasteiger partial charge in [-0.3, -0.25) is 4.68 Å². The summed E-state index contributed by atoms with van der Waals surface area (Å²) in [5.41, 5.74) is 8.41. The molecule has 0 aliphatic carbocycles. The molecule has 2 rings (SSSR count). The van der Waals surface area contributed by atoms with Crippen molar-refractivity contribution in [3.8, 4) is 0 Å². The average molecular weight is 308 g/mol. The zero-order valence-corrected chi connectivity index (χ0v) is 13.0. The van der Waals surface area contributed by atoms with Crippen LogP contribution >= 0.6 is 0 Å². The van der Waals surface area contributed by atoms with Crippen molar-refractivity contribution in [2.24, 2.45) is 12.8 Å². The molecule has 0 fully saturated rings. The van der Waals surface area contributed by atoms with E-state index in [9.17, 15) is 8.42 Å². The second-order valence-electron chi connectivity index (χ2n) is 4.76. The summed E-state index contributed by atoms with van der Waals surface area (Å²) in [6.07, 6.45) is 2.46. The van der Waals surface area contributed by atoms with E-state index in [4.69, 9.17) is 5.73 Å². The third-order valence-electron chi connectivity index (χ3n) is 3.45. The fraction of sp³-hybridized carbons (Fsp3) is 0.357. The highest BCUT2D eigenvalue weighted by Gasteiger charge is 2.16. The predicted molar refractivity (Wildman–Crippen MR) is 80.9 cm³/mol. The second kappa shape index (κ2) is 6.38. The lowest BCUT2D eigenvalue weighted by molar-refractivity contribution is 0.577. The number of rotatable bonds is 6. The van der Waals surface area contributed by atoms with E-state index in [1.807, 2.05) is 13.0 Å². The Hall–Kier alpha value is -1.70. The minimum Gasteiger partial charge on any atom is -0.326 e. The molecular formula is C14H20N4O2S. The van der Waals surface area contributed by atoms with Gasteiger partial charge in [0.2, 0.25) is 10.0 Å². The van der Waals surface area contributed by atoms with Crippen LogP contribution in [0.25, 0.3) is 0 Å². The number of hydrogen-bond donors (Lipinski definition) is 2. The number of nitrogens with zero attached hydrogens (tertiary/aromatic N) is 2. The van der Waals surface area contributed by atoms with Gasteiger partial charge in [0, 0.05) is 19.8 Å². The number of aromatic nitrogens is 2. The van der Waals surface area contributed by atoms with Crippen LogP contribution in [0.15, 0.2) is 35.4 Å². The lowest BCUT2D eigenvalue weighted by Crippen LogP contribution is -2.24. The molecule has 0 radical (unpaired) electrons. The summed E-state index contributed by atoms with van der Waals surface area (Å²) in [5.74, 6) is 0. The molecule has 2 aromatic rings. The Labute approximate surface area is 125 Å². The number of benzene rings is 1. The summed E-state index contributed by atoms with van der Waals surface area (Å²) >= 11 is 0. The van der Waals surface area contributed by atoms with Crippen molar-refractivity contribution in [2.75, 3.05) is 0 Å². The molecule has 0 saturated heterocycles. The Morgan fingerprint density at radius 2 is 2.05 bits per heavy atom. The number of nitrogens with one attached hydrogen (secondary N) is 1. The third-order valence-corrected chi connectivity index (χ3v) is 4.85. The quantitative estimate of drug-likeness (QED) is 0.830. The van der Waals surface area contributed by atoms with Crippen LogP contribution in [0.1, 0.15) is 23.7 Å². The van der Waals surface area contributed by atoms with Gasteiger partial charge in [0.1, 0.15) is 0 Å². The van der Waals surface area contributed by atoms with Crippen molar-refractivity contribution in [3.05, 3.63) is 47.3 Å². The Bertz CT molecular complexity index is 722. The summed E-state index contributed by atoms with van der Waals surface area (Å²) in [5, 5.41) is 4.01. The highest BCUT2D eigenvalue weighted by atomic mass is 32.2. The third kappa shape index (κ3) is 3.49. The maximum absolute atomic E-state index is 12.3. The summed E-state index contributed by atoms with van der Waals surface area (Å²) in [7, 11) is -1.79. The van der Waals surface area contributed by atoms with Gasteiger partial charge < -0.3 is 5.73 Å². The molecule has 0 amide bonds. The van der Waals surface area contributed by atoms with Crippen LogP contribution in [0.4, 0.5) is 0 Å². The van der Waals surface area contributed by atoms with Gasteiger partial charge in [0.15, 0.2) is 0 Å². The highest BCUT2D eigenvalue weighted by Crippen LogP contribution is 2.16. The van der Waals surface area contributed by atoms with Crippen molar-refractivity contribution in [3.63, 3.8) is 0 Å². The van der Waals surface area contributed by atoms with Crippen LogP contribution in [-0.2, 0) is 36.6 Å². The SMILES string of the molecule is CCc1ccc(S(=O)(=O)NCc2ccnn2C)cc1CN. The normalized spacial score (nSPS) is 11.8. The molecule has 0 unspecified atom stereocenters. The van der Waals surface area contributed by atoms with Gasteiger partial charge in [-0.15, -0.1) is 0 Å². The van der Waals surface area contributed by atoms with Gasteiger partial charge in [-0.2, -0.15) is 5.10 Å². The first-order valence-corrected chi connectivity index (χ1v) is 8.24. The Morgan fingerprint density at radius 1 is 1.29 bits per heavy atom. The Kier molecular flexibility index (Phi) is 4.76. The molecule has 3 N–H and O–H groups in total. The van der Waals surface area contributed by atoms with Crippen LogP contribution in [0.3, 0.4) is 0 Å². The van der Waals surface area contributed by atoms with E-state index in [1.54, 1.807) is 36.1 Å². The summed E-state index contributed by atoms with van der Waals surface area (Å²) < 4.78 is 28.9. The second-order valence-corrected chi connectivity index (χ2v) is 6.53. The van der Waals surface area contributed by atoms with Crippen LogP contribution in [0.5, 0.6) is 0 Å². The van der Waals surface area contributed by atoms with Gasteiger partial charge in [-0.1, -0.05) is 13.0 Å². The number of nitrogens with two attached hydrogens (primary N) is 1. The van der Waals surface area contributed by atoms with Gasteiger partial charge in [0.25, 0.3) is 0 Å². The van der Waals surface area contributed by atoms with Gasteiger partial charge in [-0.25, -0.2) is 13.1 Å². The molecule has 1 aromatic heterocycles. The number of sulfonamides is 1. The van der Waals surface area contributed by atoms with E-state index in [2.05, 4.69) is 9.82 Å². The standard InChI is InChI=1S/C14H20N4O2S/c1-3-11-4-5-14(8-12(11)9-15)21(19,20)17-10-13-6-7-16-18(13)2/h4-8,17H,3,9-10,15H2,1-2H3. The maximum Gasteiger partial charge on any atom is 0.240 e. The summed E-state index contributed by atoms with van der Waals surface area (Å²) in [6, 6.07) is 6.85. The largest absolute Gasteiger partial charge is 0.326 e. The molecule has 0 aliphatic rings.